The van der Waals surface area contributed by atoms with Crippen molar-refractivity contribution in [2.45, 2.75) is 0 Å². The van der Waals surface area contributed by atoms with Crippen LogP contribution in [0.25, 0.3) is 0 Å². The third kappa shape index (κ3) is 20.2. The summed E-state index contributed by atoms with van der Waals surface area (Å²) in [5.74, 6) is 0. The fraction of sp³-hybridized carbons (Fsp3) is 0. The molecule has 2 nitrogen and oxygen atoms in total. The van der Waals surface area contributed by atoms with Gasteiger partial charge in [-0.2, -0.15) is 0 Å². The van der Waals surface area contributed by atoms with E-state index in [1.807, 2.05) is 0 Å². The summed E-state index contributed by atoms with van der Waals surface area (Å²) >= 11 is 4.07. The quantitative estimate of drug-likeness (QED) is 0.394. The first-order valence-electron chi connectivity index (χ1n) is 0.352. The molecule has 0 amide bonds. The summed E-state index contributed by atoms with van der Waals surface area (Å²) in [6.07, 6.45) is 0. The number of hydrogen-bond acceptors (Lipinski definition) is 2. The van der Waals surface area contributed by atoms with Gasteiger partial charge >= 0.3 is 20.4 Å². The minimum absolute atomic E-state index is 0. The molecule has 0 spiro atoms. The summed E-state index contributed by atoms with van der Waals surface area (Å²) < 4.78 is 1.72. The Morgan fingerprint density at radius 1 is 1.75 bits per heavy atom. The number of halogens is 1. The van der Waals surface area contributed by atoms with Crippen LogP contribution in [0.2, 0.25) is 0 Å². The summed E-state index contributed by atoms with van der Waals surface area (Å²) in [5.41, 5.74) is 0. The van der Waals surface area contributed by atoms with Crippen molar-refractivity contribution in [2.75, 3.05) is 0 Å². The second-order valence-corrected chi connectivity index (χ2v) is 0.207. The van der Waals surface area contributed by atoms with Crippen LogP contribution >= 0.6 is 11.8 Å². The van der Waals surface area contributed by atoms with Crippen molar-refractivity contribution in [3.63, 3.8) is 0 Å². The van der Waals surface area contributed by atoms with Crippen LogP contribution in [0.15, 0.2) is 4.70 Å². The number of rotatable bonds is 0. The van der Waals surface area contributed by atoms with E-state index in [1.165, 1.54) is 0 Å². The Bertz CT molecular complexity index is 15.5. The Kier molecular flexibility index (Phi) is 21.2. The van der Waals surface area contributed by atoms with Gasteiger partial charge in [0.25, 0.3) is 0 Å². The molecule has 4 heavy (non-hydrogen) atoms. The maximum absolute atomic E-state index is 8.32. The molecule has 0 radical (unpaired) electrons. The Morgan fingerprint density at radius 2 is 1.75 bits per heavy atom. The zero-order chi connectivity index (χ0) is 2.71. The summed E-state index contributed by atoms with van der Waals surface area (Å²) in [7, 11) is 0. The van der Waals surface area contributed by atoms with E-state index < -0.39 is 0 Å². The molecule has 0 bridgehead atoms. The van der Waals surface area contributed by atoms with E-state index >= 15 is 0 Å². The second-order valence-electron chi connectivity index (χ2n) is 0.0690. The fourth-order valence-electron chi connectivity index (χ4n) is 0. The van der Waals surface area contributed by atoms with Crippen LogP contribution in [-0.2, 0) is 20.4 Å². The average Bonchev–Trinajstić information content (AvgIpc) is 0.918. The van der Waals surface area contributed by atoms with E-state index in [1.54, 1.807) is 4.70 Å². The molecule has 0 N–H and O–H groups in total. The molecule has 0 aliphatic heterocycles. The minimum Gasteiger partial charge on any atom is -0.131 e. The molecule has 26 valence electrons. The molecule has 0 aromatic rings. The van der Waals surface area contributed by atoms with Gasteiger partial charge in [0.15, 0.2) is 0 Å². The van der Waals surface area contributed by atoms with Crippen molar-refractivity contribution in [3.05, 3.63) is 4.91 Å². The van der Waals surface area contributed by atoms with Crippen LogP contribution in [0.3, 0.4) is 0 Å². The van der Waals surface area contributed by atoms with Crippen LogP contribution in [0.5, 0.6) is 0 Å². The van der Waals surface area contributed by atoms with Crippen molar-refractivity contribution < 1.29 is 20.4 Å². The summed E-state index contributed by atoms with van der Waals surface area (Å²) in [6.45, 7) is 0. The monoisotopic (exact) mass is 171 g/mol. The van der Waals surface area contributed by atoms with Crippen LogP contribution in [-0.4, -0.2) is 0 Å². The van der Waals surface area contributed by atoms with Gasteiger partial charge in [0, 0.05) is 4.70 Å². The number of hydrogen-bond donors (Lipinski definition) is 0. The minimum atomic E-state index is 0. The first-order chi connectivity index (χ1) is 1.41. The molecule has 0 rings (SSSR count). The standard InChI is InChI=1S/ClNO.Pd/c1-2-3;/q;+2. The number of nitroso groups, excluding NO2 is 1. The predicted octanol–water partition coefficient (Wildman–Crippen LogP) is 0.904. The Hall–Kier alpha value is 0.552. The van der Waals surface area contributed by atoms with Gasteiger partial charge in [0.2, 0.25) is 0 Å². The smallest absolute Gasteiger partial charge is 0.131 e. The normalized spacial score (nSPS) is 3.25. The molecular formula is ClNOPd+2. The van der Waals surface area contributed by atoms with Gasteiger partial charge in [-0.05, 0) is 0 Å². The molecule has 0 aliphatic rings. The third-order valence-electron chi connectivity index (χ3n) is 0. The SMILES string of the molecule is O=NCl.[Pd+2]. The van der Waals surface area contributed by atoms with Crippen molar-refractivity contribution in [1.29, 1.82) is 0 Å². The van der Waals surface area contributed by atoms with Gasteiger partial charge in [0.05, 0.1) is 11.8 Å². The summed E-state index contributed by atoms with van der Waals surface area (Å²) in [5, 5.41) is 0. The van der Waals surface area contributed by atoms with E-state index in [4.69, 9.17) is 4.91 Å². The molecule has 0 aromatic heterocycles. The first-order valence-corrected chi connectivity index (χ1v) is 0.690. The molecule has 0 aromatic carbocycles. The van der Waals surface area contributed by atoms with Crippen molar-refractivity contribution in [1.82, 2.24) is 0 Å². The molecule has 4 heteroatoms. The van der Waals surface area contributed by atoms with Gasteiger partial charge in [-0.25, -0.2) is 0 Å². The molecule has 0 saturated heterocycles. The van der Waals surface area contributed by atoms with E-state index in [0.717, 1.165) is 0 Å². The number of nitrogens with zero attached hydrogens (tertiary/aromatic N) is 1. The van der Waals surface area contributed by atoms with Gasteiger partial charge in [0.1, 0.15) is 0 Å². The van der Waals surface area contributed by atoms with E-state index in [0.29, 0.717) is 0 Å². The van der Waals surface area contributed by atoms with Crippen molar-refractivity contribution in [3.8, 4) is 0 Å². The van der Waals surface area contributed by atoms with Gasteiger partial charge in [-0.1, -0.05) is 0 Å². The molecule has 0 heterocycles. The Balaban J connectivity index is 0. The van der Waals surface area contributed by atoms with E-state index in [9.17, 15) is 0 Å². The van der Waals surface area contributed by atoms with E-state index in [-0.39, 0.29) is 20.4 Å². The van der Waals surface area contributed by atoms with Crippen molar-refractivity contribution in [2.24, 2.45) is 4.70 Å². The molecule has 0 atom stereocenters. The molecule has 0 unspecified atom stereocenters. The molecule has 0 aliphatic carbocycles. The van der Waals surface area contributed by atoms with Crippen molar-refractivity contribution >= 4 is 11.8 Å². The third-order valence-corrected chi connectivity index (χ3v) is 0. The van der Waals surface area contributed by atoms with Gasteiger partial charge < -0.3 is 0 Å². The van der Waals surface area contributed by atoms with Gasteiger partial charge in [-0.15, -0.1) is 4.91 Å². The zero-order valence-corrected chi connectivity index (χ0v) is 3.86. The van der Waals surface area contributed by atoms with Gasteiger partial charge in [-0.3, -0.25) is 0 Å². The second kappa shape index (κ2) is 9.60. The largest absolute Gasteiger partial charge is 2.00 e. The first kappa shape index (κ1) is 8.82. The zero-order valence-electron chi connectivity index (χ0n) is 1.55. The summed E-state index contributed by atoms with van der Waals surface area (Å²) in [6, 6.07) is 0. The Morgan fingerprint density at radius 3 is 1.75 bits per heavy atom. The van der Waals surface area contributed by atoms with Crippen LogP contribution < -0.4 is 0 Å². The predicted molar refractivity (Wildman–Crippen MR) is 11.6 cm³/mol. The fourth-order valence-corrected chi connectivity index (χ4v) is 0. The van der Waals surface area contributed by atoms with Crippen LogP contribution in [0.4, 0.5) is 0 Å². The Labute approximate surface area is 42.3 Å². The summed E-state index contributed by atoms with van der Waals surface area (Å²) in [4.78, 5) is 8.32. The topological polar surface area (TPSA) is 29.4 Å². The van der Waals surface area contributed by atoms with E-state index in [2.05, 4.69) is 11.8 Å². The molecule has 0 fully saturated rings. The molecule has 0 saturated carbocycles. The van der Waals surface area contributed by atoms with Crippen LogP contribution in [0, 0.1) is 4.91 Å². The average molecular weight is 172 g/mol. The van der Waals surface area contributed by atoms with Crippen LogP contribution in [0.1, 0.15) is 0 Å². The maximum Gasteiger partial charge on any atom is 2.00 e. The molecular weight excluding hydrogens is 172 g/mol. The maximum atomic E-state index is 8.32.